The Morgan fingerprint density at radius 3 is 2.86 bits per heavy atom. The van der Waals surface area contributed by atoms with Gasteiger partial charge in [0.1, 0.15) is 0 Å². The van der Waals surface area contributed by atoms with E-state index in [1.54, 1.807) is 0 Å². The van der Waals surface area contributed by atoms with Gasteiger partial charge in [0.2, 0.25) is 0 Å². The van der Waals surface area contributed by atoms with E-state index in [1.807, 2.05) is 12.2 Å². The van der Waals surface area contributed by atoms with E-state index in [0.29, 0.717) is 0 Å². The van der Waals surface area contributed by atoms with Gasteiger partial charge in [-0.2, -0.15) is 0 Å². The lowest BCUT2D eigenvalue weighted by atomic mass is 10.1. The molecule has 0 unspecified atom stereocenters. The van der Waals surface area contributed by atoms with Crippen LogP contribution in [0.25, 0.3) is 0 Å². The van der Waals surface area contributed by atoms with Crippen molar-refractivity contribution in [2.45, 2.75) is 13.3 Å². The summed E-state index contributed by atoms with van der Waals surface area (Å²) in [6, 6.07) is 0. The minimum atomic E-state index is 1.10. The van der Waals surface area contributed by atoms with Crippen LogP contribution in [0.1, 0.15) is 13.3 Å². The monoisotopic (exact) mass is 92.1 g/mol. The maximum Gasteiger partial charge on any atom is 0.0340 e. The standard InChI is InChI=1S/C7H8/c1-7-5-3-2-4-6-7/h2-3,6H,5H2,1H3. The first-order valence-electron chi connectivity index (χ1n) is 2.46. The van der Waals surface area contributed by atoms with Crippen molar-refractivity contribution in [3.63, 3.8) is 0 Å². The Hall–Kier alpha value is -0.520. The predicted octanol–water partition coefficient (Wildman–Crippen LogP) is 1.97. The Morgan fingerprint density at radius 1 is 1.71 bits per heavy atom. The van der Waals surface area contributed by atoms with Crippen molar-refractivity contribution in [2.75, 3.05) is 0 Å². The lowest BCUT2D eigenvalue weighted by Gasteiger charge is -1.97. The molecule has 0 N–H and O–H groups in total. The van der Waals surface area contributed by atoms with Crippen molar-refractivity contribution in [1.29, 1.82) is 0 Å². The molecule has 0 saturated heterocycles. The molecular formula is C7H8. The zero-order chi connectivity index (χ0) is 5.11. The fourth-order valence-electron chi connectivity index (χ4n) is 0.562. The van der Waals surface area contributed by atoms with Crippen LogP contribution in [0, 0.1) is 6.42 Å². The summed E-state index contributed by atoms with van der Waals surface area (Å²) in [5, 5.41) is 0. The van der Waals surface area contributed by atoms with E-state index in [2.05, 4.69) is 19.4 Å². The topological polar surface area (TPSA) is 0 Å². The summed E-state index contributed by atoms with van der Waals surface area (Å²) in [5.74, 6) is 0. The van der Waals surface area contributed by atoms with Crippen molar-refractivity contribution in [2.24, 2.45) is 0 Å². The Kier molecular flexibility index (Phi) is 1.30. The van der Waals surface area contributed by atoms with Gasteiger partial charge < -0.3 is 0 Å². The molecule has 0 saturated carbocycles. The van der Waals surface area contributed by atoms with Crippen LogP contribution >= 0.6 is 0 Å². The fourth-order valence-corrected chi connectivity index (χ4v) is 0.562. The summed E-state index contributed by atoms with van der Waals surface area (Å²) < 4.78 is 0. The molecule has 36 valence electrons. The molecule has 0 aromatic rings. The van der Waals surface area contributed by atoms with Crippen LogP contribution in [0.5, 0.6) is 0 Å². The summed E-state index contributed by atoms with van der Waals surface area (Å²) in [7, 11) is 0. The molecule has 0 bridgehead atoms. The normalized spacial score (nSPS) is 19.3. The summed E-state index contributed by atoms with van der Waals surface area (Å²) in [6.45, 7) is 2.11. The average Bonchev–Trinajstić information content (AvgIpc) is 1.69. The van der Waals surface area contributed by atoms with E-state index in [1.165, 1.54) is 5.57 Å². The van der Waals surface area contributed by atoms with Crippen molar-refractivity contribution in [3.8, 4) is 0 Å². The third-order valence-corrected chi connectivity index (χ3v) is 0.984. The molecule has 7 heavy (non-hydrogen) atoms. The van der Waals surface area contributed by atoms with E-state index in [-0.39, 0.29) is 0 Å². The molecule has 1 rings (SSSR count). The molecule has 0 aromatic carbocycles. The number of rotatable bonds is 0. The smallest absolute Gasteiger partial charge is 0.0340 e. The van der Waals surface area contributed by atoms with Gasteiger partial charge in [0.05, 0.1) is 0 Å². The SMILES string of the molecule is CC1=C[C]C=CC1. The van der Waals surface area contributed by atoms with Gasteiger partial charge in [0.25, 0.3) is 0 Å². The molecule has 0 heteroatoms. The summed E-state index contributed by atoms with van der Waals surface area (Å²) in [6.07, 6.45) is 10.2. The maximum atomic E-state index is 2.99. The molecule has 1 aliphatic rings. The third-order valence-electron chi connectivity index (χ3n) is 0.984. The van der Waals surface area contributed by atoms with Gasteiger partial charge in [0.15, 0.2) is 0 Å². The maximum absolute atomic E-state index is 2.99. The lowest BCUT2D eigenvalue weighted by Crippen LogP contribution is -1.78. The second-order valence-corrected chi connectivity index (χ2v) is 1.76. The van der Waals surface area contributed by atoms with Crippen molar-refractivity contribution in [1.82, 2.24) is 0 Å². The Balaban J connectivity index is 2.50. The van der Waals surface area contributed by atoms with Gasteiger partial charge in [-0.15, -0.1) is 0 Å². The van der Waals surface area contributed by atoms with Gasteiger partial charge in [-0.1, -0.05) is 23.8 Å². The van der Waals surface area contributed by atoms with Crippen LogP contribution in [0.3, 0.4) is 0 Å². The minimum absolute atomic E-state index is 1.10. The zero-order valence-electron chi connectivity index (χ0n) is 4.44. The van der Waals surface area contributed by atoms with Gasteiger partial charge in [-0.05, 0) is 13.3 Å². The van der Waals surface area contributed by atoms with Crippen LogP contribution in [0.4, 0.5) is 0 Å². The average molecular weight is 92.1 g/mol. The molecular weight excluding hydrogens is 84.1 g/mol. The quantitative estimate of drug-likeness (QED) is 0.428. The van der Waals surface area contributed by atoms with Crippen LogP contribution in [-0.4, -0.2) is 0 Å². The van der Waals surface area contributed by atoms with Crippen LogP contribution < -0.4 is 0 Å². The molecule has 0 spiro atoms. The molecule has 0 heterocycles. The Bertz CT molecular complexity index is 107. The molecule has 0 fully saturated rings. The fraction of sp³-hybridized carbons (Fsp3) is 0.286. The van der Waals surface area contributed by atoms with Gasteiger partial charge >= 0.3 is 0 Å². The van der Waals surface area contributed by atoms with E-state index in [9.17, 15) is 0 Å². The summed E-state index contributed by atoms with van der Waals surface area (Å²) in [5.41, 5.74) is 1.39. The zero-order valence-corrected chi connectivity index (χ0v) is 4.44. The summed E-state index contributed by atoms with van der Waals surface area (Å²) >= 11 is 0. The van der Waals surface area contributed by atoms with Gasteiger partial charge in [0, 0.05) is 6.42 Å². The highest BCUT2D eigenvalue weighted by atomic mass is 13.9. The first kappa shape index (κ1) is 4.63. The van der Waals surface area contributed by atoms with Crippen LogP contribution in [0.2, 0.25) is 0 Å². The molecule has 0 aromatic heterocycles. The summed E-state index contributed by atoms with van der Waals surface area (Å²) in [4.78, 5) is 0. The number of hydrogen-bond acceptors (Lipinski definition) is 0. The van der Waals surface area contributed by atoms with Crippen LogP contribution in [-0.2, 0) is 0 Å². The number of allylic oxidation sites excluding steroid dienone is 4. The Morgan fingerprint density at radius 2 is 2.57 bits per heavy atom. The number of hydrogen-bond donors (Lipinski definition) is 0. The molecule has 0 aliphatic heterocycles. The molecule has 0 nitrogen and oxygen atoms in total. The molecule has 2 radical (unpaired) electrons. The van der Waals surface area contributed by atoms with Gasteiger partial charge in [-0.3, -0.25) is 0 Å². The first-order valence-corrected chi connectivity index (χ1v) is 2.46. The predicted molar refractivity (Wildman–Crippen MR) is 30.8 cm³/mol. The highest BCUT2D eigenvalue weighted by Gasteiger charge is 1.88. The highest BCUT2D eigenvalue weighted by molar-refractivity contribution is 5.21. The van der Waals surface area contributed by atoms with E-state index in [4.69, 9.17) is 0 Å². The molecule has 1 aliphatic carbocycles. The highest BCUT2D eigenvalue weighted by Crippen LogP contribution is 2.07. The lowest BCUT2D eigenvalue weighted by molar-refractivity contribution is 1.18. The van der Waals surface area contributed by atoms with Crippen LogP contribution in [0.15, 0.2) is 23.8 Å². The first-order chi connectivity index (χ1) is 3.39. The van der Waals surface area contributed by atoms with Crippen molar-refractivity contribution in [3.05, 3.63) is 30.2 Å². The molecule has 0 amide bonds. The van der Waals surface area contributed by atoms with Crippen molar-refractivity contribution < 1.29 is 0 Å². The van der Waals surface area contributed by atoms with E-state index in [0.717, 1.165) is 6.42 Å². The second-order valence-electron chi connectivity index (χ2n) is 1.76. The minimum Gasteiger partial charge on any atom is -0.0835 e. The second kappa shape index (κ2) is 1.97. The third kappa shape index (κ3) is 1.19. The van der Waals surface area contributed by atoms with E-state index < -0.39 is 0 Å². The Labute approximate surface area is 44.5 Å². The molecule has 0 atom stereocenters. The largest absolute Gasteiger partial charge is 0.0835 e. The van der Waals surface area contributed by atoms with E-state index >= 15 is 0 Å². The van der Waals surface area contributed by atoms with Crippen molar-refractivity contribution >= 4 is 0 Å². The van der Waals surface area contributed by atoms with Gasteiger partial charge in [-0.25, -0.2) is 0 Å².